The molecule has 2 aliphatic rings. The average Bonchev–Trinajstić information content (AvgIpc) is 3.37. The van der Waals surface area contributed by atoms with Crippen molar-refractivity contribution in [1.82, 2.24) is 15.2 Å². The molecule has 1 fully saturated rings. The molecule has 0 bridgehead atoms. The maximum absolute atomic E-state index is 13.0. The number of amides is 1. The molecule has 4 heterocycles. The highest BCUT2D eigenvalue weighted by Gasteiger charge is 2.42. The van der Waals surface area contributed by atoms with Crippen LogP contribution in [0.25, 0.3) is 11.3 Å². The number of hydrogen-bond acceptors (Lipinski definition) is 6. The van der Waals surface area contributed by atoms with Crippen LogP contribution in [-0.4, -0.2) is 46.8 Å². The summed E-state index contributed by atoms with van der Waals surface area (Å²) in [5, 5.41) is 4.90. The maximum Gasteiger partial charge on any atom is 0.253 e. The van der Waals surface area contributed by atoms with Gasteiger partial charge in [-0.15, -0.1) is 11.3 Å². The third kappa shape index (κ3) is 4.56. The summed E-state index contributed by atoms with van der Waals surface area (Å²) in [4.78, 5) is 33.4. The van der Waals surface area contributed by atoms with Gasteiger partial charge in [0.25, 0.3) is 5.91 Å². The molecule has 6 nitrogen and oxygen atoms in total. The van der Waals surface area contributed by atoms with E-state index in [1.807, 2.05) is 41.8 Å². The number of carbonyl (C=O) groups is 2. The number of ether oxygens (including phenoxy) is 1. The first-order valence-corrected chi connectivity index (χ1v) is 12.3. The van der Waals surface area contributed by atoms with Crippen LogP contribution in [0.3, 0.4) is 0 Å². The topological polar surface area (TPSA) is 71.5 Å². The van der Waals surface area contributed by atoms with Gasteiger partial charge in [0.05, 0.1) is 29.8 Å². The molecule has 170 valence electrons. The predicted molar refractivity (Wildman–Crippen MR) is 129 cm³/mol. The smallest absolute Gasteiger partial charge is 0.253 e. The van der Waals surface area contributed by atoms with Crippen molar-refractivity contribution in [3.63, 3.8) is 0 Å². The molecule has 0 aliphatic carbocycles. The number of pyridine rings is 1. The van der Waals surface area contributed by atoms with Crippen molar-refractivity contribution in [1.29, 1.82) is 0 Å². The lowest BCUT2D eigenvalue weighted by Gasteiger charge is -2.43. The molecule has 2 aromatic heterocycles. The summed E-state index contributed by atoms with van der Waals surface area (Å²) in [7, 11) is 0. The molecule has 1 saturated heterocycles. The third-order valence-corrected chi connectivity index (χ3v) is 7.50. The number of fused-ring (bicyclic) bond motifs is 1. The van der Waals surface area contributed by atoms with Crippen LogP contribution in [0.4, 0.5) is 0 Å². The van der Waals surface area contributed by atoms with E-state index in [9.17, 15) is 9.59 Å². The van der Waals surface area contributed by atoms with Gasteiger partial charge in [-0.25, -0.2) is 0 Å². The number of nitrogens with one attached hydrogen (secondary N) is 1. The number of thiophene rings is 1. The number of carbonyl (C=O) groups excluding carboxylic acids is 2. The van der Waals surface area contributed by atoms with Gasteiger partial charge in [0, 0.05) is 42.6 Å². The van der Waals surface area contributed by atoms with Crippen LogP contribution in [0.1, 0.15) is 51.8 Å². The van der Waals surface area contributed by atoms with E-state index in [-0.39, 0.29) is 17.3 Å². The summed E-state index contributed by atoms with van der Waals surface area (Å²) < 4.78 is 6.40. The van der Waals surface area contributed by atoms with Crippen molar-refractivity contribution in [2.45, 2.75) is 38.3 Å². The molecule has 0 radical (unpaired) electrons. The summed E-state index contributed by atoms with van der Waals surface area (Å²) >= 11 is 1.61. The van der Waals surface area contributed by atoms with Crippen molar-refractivity contribution in [3.8, 4) is 17.0 Å². The Bertz CT molecular complexity index is 1150. The summed E-state index contributed by atoms with van der Waals surface area (Å²) in [5.74, 6) is 0.646. The Kier molecular flexibility index (Phi) is 6.00. The van der Waals surface area contributed by atoms with Crippen LogP contribution in [-0.2, 0) is 6.54 Å². The molecule has 0 atom stereocenters. The standard InChI is InChI=1S/C26H27N3O3S/c1-2-29-11-9-26(10-12-29)15-23(30)21-14-18(6-8-24(21)32-26)22-7-5-19(16-27-22)25(31)28-17-20-4-3-13-33-20/h3-8,13-14,16H,2,9-12,15,17H2,1H3,(H,28,31). The molecule has 2 aliphatic heterocycles. The molecule has 1 amide bonds. The number of nitrogens with zero attached hydrogens (tertiary/aromatic N) is 2. The lowest BCUT2D eigenvalue weighted by molar-refractivity contribution is -0.00779. The quantitative estimate of drug-likeness (QED) is 0.603. The first-order chi connectivity index (χ1) is 16.0. The fraction of sp³-hybridized carbons (Fsp3) is 0.346. The van der Waals surface area contributed by atoms with Crippen molar-refractivity contribution in [2.24, 2.45) is 0 Å². The van der Waals surface area contributed by atoms with Gasteiger partial charge in [0.1, 0.15) is 11.4 Å². The molecule has 1 N–H and O–H groups in total. The molecule has 5 rings (SSSR count). The SMILES string of the molecule is CCN1CCC2(CC1)CC(=O)c1cc(-c3ccc(C(=O)NCc4cccs4)cn3)ccc1O2. The first kappa shape index (κ1) is 21.8. The number of rotatable bonds is 5. The number of aromatic nitrogens is 1. The van der Waals surface area contributed by atoms with E-state index in [0.29, 0.717) is 29.8 Å². The van der Waals surface area contributed by atoms with Gasteiger partial charge >= 0.3 is 0 Å². The van der Waals surface area contributed by atoms with Crippen LogP contribution in [0.2, 0.25) is 0 Å². The molecule has 0 unspecified atom stereocenters. The Morgan fingerprint density at radius 2 is 2.06 bits per heavy atom. The number of likely N-dealkylation sites (tertiary alicyclic amines) is 1. The van der Waals surface area contributed by atoms with Gasteiger partial charge < -0.3 is 15.0 Å². The van der Waals surface area contributed by atoms with Gasteiger partial charge in [-0.3, -0.25) is 14.6 Å². The lowest BCUT2D eigenvalue weighted by atomic mass is 9.82. The van der Waals surface area contributed by atoms with Crippen LogP contribution >= 0.6 is 11.3 Å². The molecule has 3 aromatic rings. The van der Waals surface area contributed by atoms with Crippen molar-refractivity contribution < 1.29 is 14.3 Å². The van der Waals surface area contributed by atoms with Crippen molar-refractivity contribution >= 4 is 23.0 Å². The molecule has 33 heavy (non-hydrogen) atoms. The lowest BCUT2D eigenvalue weighted by Crippen LogP contribution is -2.50. The number of piperidine rings is 1. The fourth-order valence-electron chi connectivity index (χ4n) is 4.59. The van der Waals surface area contributed by atoms with Crippen molar-refractivity contribution in [3.05, 3.63) is 70.0 Å². The van der Waals surface area contributed by atoms with E-state index in [1.165, 1.54) is 0 Å². The average molecular weight is 462 g/mol. The molecule has 1 aromatic carbocycles. The van der Waals surface area contributed by atoms with Crippen LogP contribution in [0, 0.1) is 0 Å². The highest BCUT2D eigenvalue weighted by molar-refractivity contribution is 7.09. The van der Waals surface area contributed by atoms with Gasteiger partial charge in [-0.05, 0) is 48.3 Å². The summed E-state index contributed by atoms with van der Waals surface area (Å²) in [5.41, 5.74) is 2.32. The molecule has 1 spiro atoms. The van der Waals surface area contributed by atoms with E-state index in [2.05, 4.69) is 22.1 Å². The van der Waals surface area contributed by atoms with E-state index < -0.39 is 0 Å². The number of ketones is 1. The minimum atomic E-state index is -0.367. The molecule has 0 saturated carbocycles. The Balaban J connectivity index is 1.29. The second-order valence-electron chi connectivity index (χ2n) is 8.72. The minimum absolute atomic E-state index is 0.132. The summed E-state index contributed by atoms with van der Waals surface area (Å²) in [6.45, 7) is 5.64. The summed E-state index contributed by atoms with van der Waals surface area (Å²) in [6, 6.07) is 13.2. The van der Waals surface area contributed by atoms with Crippen LogP contribution in [0.15, 0.2) is 54.0 Å². The molecular weight excluding hydrogens is 434 g/mol. The van der Waals surface area contributed by atoms with E-state index in [4.69, 9.17) is 4.74 Å². The van der Waals surface area contributed by atoms with Crippen LogP contribution < -0.4 is 10.1 Å². The Morgan fingerprint density at radius 3 is 2.76 bits per heavy atom. The second-order valence-corrected chi connectivity index (χ2v) is 9.76. The fourth-order valence-corrected chi connectivity index (χ4v) is 5.24. The van der Waals surface area contributed by atoms with E-state index in [1.54, 1.807) is 23.6 Å². The van der Waals surface area contributed by atoms with Gasteiger partial charge in [-0.1, -0.05) is 13.0 Å². The first-order valence-electron chi connectivity index (χ1n) is 11.4. The molecular formula is C26H27N3O3S. The van der Waals surface area contributed by atoms with Crippen molar-refractivity contribution in [2.75, 3.05) is 19.6 Å². The van der Waals surface area contributed by atoms with Gasteiger partial charge in [-0.2, -0.15) is 0 Å². The highest BCUT2D eigenvalue weighted by Crippen LogP contribution is 2.40. The number of hydrogen-bond donors (Lipinski definition) is 1. The van der Waals surface area contributed by atoms with Gasteiger partial charge in [0.2, 0.25) is 0 Å². The monoisotopic (exact) mass is 461 g/mol. The zero-order chi connectivity index (χ0) is 22.8. The second kappa shape index (κ2) is 9.08. The predicted octanol–water partition coefficient (Wildman–Crippen LogP) is 4.56. The number of benzene rings is 1. The Morgan fingerprint density at radius 1 is 1.21 bits per heavy atom. The largest absolute Gasteiger partial charge is 0.486 e. The highest BCUT2D eigenvalue weighted by atomic mass is 32.1. The Hall–Kier alpha value is -3.03. The van der Waals surface area contributed by atoms with E-state index in [0.717, 1.165) is 48.6 Å². The Labute approximate surface area is 197 Å². The minimum Gasteiger partial charge on any atom is -0.486 e. The number of Topliss-reactive ketones (excluding diaryl/α,β-unsaturated/α-hetero) is 1. The third-order valence-electron chi connectivity index (χ3n) is 6.63. The van der Waals surface area contributed by atoms with Crippen LogP contribution in [0.5, 0.6) is 5.75 Å². The maximum atomic E-state index is 13.0. The molecule has 7 heteroatoms. The zero-order valence-electron chi connectivity index (χ0n) is 18.7. The van der Waals surface area contributed by atoms with Gasteiger partial charge in [0.15, 0.2) is 5.78 Å². The normalized spacial score (nSPS) is 17.4. The zero-order valence-corrected chi connectivity index (χ0v) is 19.5. The van der Waals surface area contributed by atoms with E-state index >= 15 is 0 Å². The summed E-state index contributed by atoms with van der Waals surface area (Å²) in [6.07, 6.45) is 3.77.